The van der Waals surface area contributed by atoms with Gasteiger partial charge in [0.05, 0.1) is 4.91 Å². The molecule has 0 aliphatic carbocycles. The molecule has 0 aromatic heterocycles. The van der Waals surface area contributed by atoms with Crippen molar-refractivity contribution in [1.29, 1.82) is 0 Å². The summed E-state index contributed by atoms with van der Waals surface area (Å²) < 4.78 is 5.34. The molecule has 1 fully saturated rings. The Morgan fingerprint density at radius 2 is 2.00 bits per heavy atom. The van der Waals surface area contributed by atoms with Gasteiger partial charge >= 0.3 is 0 Å². The van der Waals surface area contributed by atoms with Gasteiger partial charge in [-0.1, -0.05) is 24.8 Å². The second-order valence-corrected chi connectivity index (χ2v) is 4.54. The zero-order valence-electron chi connectivity index (χ0n) is 9.51. The maximum atomic E-state index is 11.3. The molecule has 0 radical (unpaired) electrons. The highest BCUT2D eigenvalue weighted by Crippen LogP contribution is 2.26. The van der Waals surface area contributed by atoms with E-state index in [4.69, 9.17) is 4.74 Å². The largest absolute Gasteiger partial charge is 0.490 e. The Labute approximate surface area is 109 Å². The minimum absolute atomic E-state index is 0.336. The van der Waals surface area contributed by atoms with E-state index in [1.54, 1.807) is 24.3 Å². The summed E-state index contributed by atoms with van der Waals surface area (Å²) in [6, 6.07) is 7.24. The number of benzene rings is 1. The molecule has 1 saturated heterocycles. The standard InChI is InChI=1S/C13H11NO3S/c1-2-7-17-10-5-3-9(4-6-10)8-11-12(15)14-13(16)18-11/h2-6,8H,1,7H2,(H,14,15,16). The number of hydrogen-bond acceptors (Lipinski definition) is 4. The lowest BCUT2D eigenvalue weighted by atomic mass is 10.2. The SMILES string of the molecule is C=CCOc1ccc(C=C2SC(=O)NC2=O)cc1. The van der Waals surface area contributed by atoms with Crippen LogP contribution in [0, 0.1) is 0 Å². The van der Waals surface area contributed by atoms with E-state index in [1.807, 2.05) is 12.1 Å². The zero-order chi connectivity index (χ0) is 13.0. The van der Waals surface area contributed by atoms with Crippen LogP contribution in [-0.2, 0) is 4.79 Å². The molecule has 1 aromatic carbocycles. The average molecular weight is 261 g/mol. The second kappa shape index (κ2) is 5.55. The summed E-state index contributed by atoms with van der Waals surface area (Å²) >= 11 is 0.904. The van der Waals surface area contributed by atoms with Crippen LogP contribution >= 0.6 is 11.8 Å². The topological polar surface area (TPSA) is 55.4 Å². The highest BCUT2D eigenvalue weighted by molar-refractivity contribution is 8.18. The first kappa shape index (κ1) is 12.4. The van der Waals surface area contributed by atoms with Gasteiger partial charge in [-0.3, -0.25) is 14.9 Å². The van der Waals surface area contributed by atoms with E-state index in [0.717, 1.165) is 23.1 Å². The van der Waals surface area contributed by atoms with Crippen LogP contribution in [0.4, 0.5) is 4.79 Å². The number of amides is 2. The fraction of sp³-hybridized carbons (Fsp3) is 0.0769. The quantitative estimate of drug-likeness (QED) is 0.668. The van der Waals surface area contributed by atoms with Crippen molar-refractivity contribution in [3.8, 4) is 5.75 Å². The number of hydrogen-bond donors (Lipinski definition) is 1. The third-order valence-corrected chi connectivity index (χ3v) is 3.00. The van der Waals surface area contributed by atoms with Crippen LogP contribution in [-0.4, -0.2) is 17.8 Å². The molecule has 0 spiro atoms. The third kappa shape index (κ3) is 3.01. The second-order valence-electron chi connectivity index (χ2n) is 3.52. The van der Waals surface area contributed by atoms with Gasteiger partial charge in [0.25, 0.3) is 11.1 Å². The molecule has 0 unspecified atom stereocenters. The molecule has 92 valence electrons. The predicted octanol–water partition coefficient (Wildman–Crippen LogP) is 2.58. The molecule has 2 rings (SSSR count). The number of carbonyl (C=O) groups excluding carboxylic acids is 2. The van der Waals surface area contributed by atoms with Crippen LogP contribution < -0.4 is 10.1 Å². The van der Waals surface area contributed by atoms with Crippen LogP contribution in [0.1, 0.15) is 5.56 Å². The van der Waals surface area contributed by atoms with Crippen LogP contribution in [0.25, 0.3) is 6.08 Å². The molecule has 1 aromatic rings. The van der Waals surface area contributed by atoms with Crippen LogP contribution in [0.3, 0.4) is 0 Å². The normalized spacial score (nSPS) is 16.8. The van der Waals surface area contributed by atoms with Gasteiger partial charge in [-0.05, 0) is 35.5 Å². The van der Waals surface area contributed by atoms with Crippen molar-refractivity contribution in [3.63, 3.8) is 0 Å². The monoisotopic (exact) mass is 261 g/mol. The molecule has 1 N–H and O–H groups in total. The maximum absolute atomic E-state index is 11.3. The van der Waals surface area contributed by atoms with E-state index in [-0.39, 0.29) is 11.1 Å². The number of rotatable bonds is 4. The molecule has 4 nitrogen and oxygen atoms in total. The van der Waals surface area contributed by atoms with Crippen molar-refractivity contribution in [2.45, 2.75) is 0 Å². The zero-order valence-corrected chi connectivity index (χ0v) is 10.3. The van der Waals surface area contributed by atoms with Crippen molar-refractivity contribution in [1.82, 2.24) is 5.32 Å². The van der Waals surface area contributed by atoms with Crippen LogP contribution in [0.15, 0.2) is 41.8 Å². The molecule has 0 atom stereocenters. The lowest BCUT2D eigenvalue weighted by molar-refractivity contribution is -0.115. The van der Waals surface area contributed by atoms with E-state index >= 15 is 0 Å². The van der Waals surface area contributed by atoms with Crippen LogP contribution in [0.2, 0.25) is 0 Å². The first-order valence-corrected chi connectivity index (χ1v) is 6.09. The first-order valence-electron chi connectivity index (χ1n) is 5.27. The molecule has 18 heavy (non-hydrogen) atoms. The highest BCUT2D eigenvalue weighted by atomic mass is 32.2. The Balaban J connectivity index is 2.10. The molecule has 0 saturated carbocycles. The van der Waals surface area contributed by atoms with Gasteiger partial charge in [0.2, 0.25) is 0 Å². The summed E-state index contributed by atoms with van der Waals surface area (Å²) in [4.78, 5) is 22.7. The minimum Gasteiger partial charge on any atom is -0.490 e. The summed E-state index contributed by atoms with van der Waals surface area (Å²) in [5.74, 6) is 0.383. The summed E-state index contributed by atoms with van der Waals surface area (Å²) in [5, 5.41) is 1.87. The van der Waals surface area contributed by atoms with Crippen molar-refractivity contribution in [2.75, 3.05) is 6.61 Å². The summed E-state index contributed by atoms with van der Waals surface area (Å²) in [6.07, 6.45) is 3.34. The maximum Gasteiger partial charge on any atom is 0.290 e. The Hall–Kier alpha value is -2.01. The van der Waals surface area contributed by atoms with Gasteiger partial charge in [0.15, 0.2) is 0 Å². The highest BCUT2D eigenvalue weighted by Gasteiger charge is 2.24. The van der Waals surface area contributed by atoms with E-state index in [9.17, 15) is 9.59 Å². The van der Waals surface area contributed by atoms with E-state index in [0.29, 0.717) is 11.5 Å². The van der Waals surface area contributed by atoms with E-state index < -0.39 is 0 Å². The average Bonchev–Trinajstić information content (AvgIpc) is 2.67. The summed E-state index contributed by atoms with van der Waals surface area (Å²) in [7, 11) is 0. The molecule has 1 heterocycles. The Kier molecular flexibility index (Phi) is 3.84. The lowest BCUT2D eigenvalue weighted by Gasteiger charge is -2.02. The van der Waals surface area contributed by atoms with Crippen molar-refractivity contribution < 1.29 is 14.3 Å². The van der Waals surface area contributed by atoms with Crippen molar-refractivity contribution in [2.24, 2.45) is 0 Å². The molecule has 1 aliphatic heterocycles. The number of thioether (sulfide) groups is 1. The van der Waals surface area contributed by atoms with Crippen LogP contribution in [0.5, 0.6) is 5.75 Å². The molecule has 0 bridgehead atoms. The van der Waals surface area contributed by atoms with Gasteiger partial charge in [0.1, 0.15) is 12.4 Å². The van der Waals surface area contributed by atoms with Gasteiger partial charge < -0.3 is 4.74 Å². The van der Waals surface area contributed by atoms with Crippen molar-refractivity contribution >= 4 is 29.0 Å². The molecule has 5 heteroatoms. The summed E-state index contributed by atoms with van der Waals surface area (Å²) in [6.45, 7) is 4.02. The lowest BCUT2D eigenvalue weighted by Crippen LogP contribution is -2.17. The molecular formula is C13H11NO3S. The first-order chi connectivity index (χ1) is 8.69. The molecular weight excluding hydrogens is 250 g/mol. The van der Waals surface area contributed by atoms with Gasteiger partial charge in [0, 0.05) is 0 Å². The number of carbonyl (C=O) groups is 2. The number of imide groups is 1. The molecule has 1 aliphatic rings. The third-order valence-electron chi connectivity index (χ3n) is 2.19. The number of ether oxygens (including phenoxy) is 1. The van der Waals surface area contributed by atoms with E-state index in [1.165, 1.54) is 0 Å². The Morgan fingerprint density at radius 3 is 2.56 bits per heavy atom. The molecule has 2 amide bonds. The summed E-state index contributed by atoms with van der Waals surface area (Å²) in [5.41, 5.74) is 0.841. The van der Waals surface area contributed by atoms with Gasteiger partial charge in [-0.2, -0.15) is 0 Å². The predicted molar refractivity (Wildman–Crippen MR) is 71.2 cm³/mol. The fourth-order valence-electron chi connectivity index (χ4n) is 1.39. The van der Waals surface area contributed by atoms with E-state index in [2.05, 4.69) is 11.9 Å². The van der Waals surface area contributed by atoms with Crippen molar-refractivity contribution in [3.05, 3.63) is 47.4 Å². The van der Waals surface area contributed by atoms with Gasteiger partial charge in [-0.15, -0.1) is 0 Å². The Bertz CT molecular complexity index is 520. The number of nitrogens with one attached hydrogen (secondary N) is 1. The van der Waals surface area contributed by atoms with Gasteiger partial charge in [-0.25, -0.2) is 0 Å². The smallest absolute Gasteiger partial charge is 0.290 e. The fourth-order valence-corrected chi connectivity index (χ4v) is 2.07. The minimum atomic E-state index is -0.350. The Morgan fingerprint density at radius 1 is 1.28 bits per heavy atom.